The molecule has 7 heteroatoms. The predicted molar refractivity (Wildman–Crippen MR) is 123 cm³/mol. The van der Waals surface area contributed by atoms with E-state index in [0.29, 0.717) is 11.2 Å². The van der Waals surface area contributed by atoms with Crippen LogP contribution in [0, 0.1) is 0 Å². The second-order valence-electron chi connectivity index (χ2n) is 4.92. The van der Waals surface area contributed by atoms with Gasteiger partial charge in [-0.2, -0.15) is 0 Å². The molecule has 0 aliphatic heterocycles. The summed E-state index contributed by atoms with van der Waals surface area (Å²) in [6.45, 7) is 0. The molecule has 4 rings (SSSR count). The molecule has 0 saturated carbocycles. The van der Waals surface area contributed by atoms with Crippen LogP contribution in [0.5, 0.6) is 0 Å². The van der Waals surface area contributed by atoms with E-state index in [9.17, 15) is 0 Å². The number of nitrogens with zero attached hydrogens (tertiary/aromatic N) is 4. The summed E-state index contributed by atoms with van der Waals surface area (Å²) >= 11 is 5.22. The molecule has 0 bridgehead atoms. The molecule has 0 N–H and O–H groups in total. The van der Waals surface area contributed by atoms with Gasteiger partial charge in [0.15, 0.2) is 0 Å². The Bertz CT molecular complexity index is 717. The topological polar surface area (TPSA) is 51.6 Å². The molecule has 0 saturated heterocycles. The van der Waals surface area contributed by atoms with Gasteiger partial charge in [-0.25, -0.2) is 0 Å². The fourth-order valence-electron chi connectivity index (χ4n) is 2.06. The van der Waals surface area contributed by atoms with Crippen LogP contribution in [-0.4, -0.2) is 19.9 Å². The van der Waals surface area contributed by atoms with Gasteiger partial charge in [0.2, 0.25) is 0 Å². The van der Waals surface area contributed by atoms with Crippen molar-refractivity contribution in [1.29, 1.82) is 0 Å². The molecule has 4 aromatic heterocycles. The van der Waals surface area contributed by atoms with Crippen LogP contribution < -0.4 is 0 Å². The first-order valence-electron chi connectivity index (χ1n) is 7.89. The van der Waals surface area contributed by atoms with Crippen LogP contribution in [0.1, 0.15) is 0 Å². The van der Waals surface area contributed by atoms with E-state index in [1.807, 2.05) is 72.8 Å². The van der Waals surface area contributed by atoms with Crippen molar-refractivity contribution in [2.45, 2.75) is 0 Å². The van der Waals surface area contributed by atoms with Crippen LogP contribution in [0.3, 0.4) is 0 Å². The first-order valence-corrected chi connectivity index (χ1v) is 19.8. The molecule has 0 aliphatic rings. The Morgan fingerprint density at radius 2 is 0.667 bits per heavy atom. The van der Waals surface area contributed by atoms with Crippen molar-refractivity contribution >= 4 is 38.7 Å². The van der Waals surface area contributed by atoms with Crippen LogP contribution in [-0.2, 0) is 11.2 Å². The molecule has 0 amide bonds. The third kappa shape index (κ3) is 8.53. The quantitative estimate of drug-likeness (QED) is 0.194. The fraction of sp³-hybridized carbons (Fsp3) is 0. The first-order chi connectivity index (χ1) is 13.3. The summed E-state index contributed by atoms with van der Waals surface area (Å²) in [6, 6.07) is 23.2. The number of rotatable bonds is 2. The zero-order valence-corrected chi connectivity index (χ0v) is 20.5. The smallest absolute Gasteiger partial charge is 0.0886 e. The molecule has 4 heterocycles. The summed E-state index contributed by atoms with van der Waals surface area (Å²) in [5.41, 5.74) is 3.66. The summed E-state index contributed by atoms with van der Waals surface area (Å²) in [4.78, 5) is 16.7. The molecule has 4 nitrogen and oxygen atoms in total. The minimum Gasteiger partial charge on any atom is -0.255 e. The average Bonchev–Trinajstić information content (AvgIpc) is 2.77. The monoisotopic (exact) mass is 664 g/mol. The van der Waals surface area contributed by atoms with Crippen molar-refractivity contribution in [3.8, 4) is 22.8 Å². The number of pyridine rings is 4. The molecule has 4 aromatic rings. The minimum absolute atomic E-state index is 0.410. The molecule has 0 aromatic carbocycles. The number of halogens is 2. The zero-order chi connectivity index (χ0) is 19.2. The molecule has 0 atom stereocenters. The summed E-state index contributed by atoms with van der Waals surface area (Å²) in [7, 11) is 0. The van der Waals surface area contributed by atoms with E-state index >= 15 is 0 Å². The van der Waals surface area contributed by atoms with Crippen LogP contribution in [0.15, 0.2) is 97.6 Å². The Balaban J connectivity index is 0.000000170. The van der Waals surface area contributed by atoms with Gasteiger partial charge in [-0.3, -0.25) is 19.9 Å². The zero-order valence-electron chi connectivity index (χ0n) is 14.2. The third-order valence-corrected chi connectivity index (χ3v) is 3.18. The van der Waals surface area contributed by atoms with Crippen molar-refractivity contribution in [2.24, 2.45) is 0 Å². The number of aromatic nitrogens is 4. The molecular weight excluding hydrogens is 646 g/mol. The van der Waals surface area contributed by atoms with Crippen LogP contribution in [0.4, 0.5) is 0 Å². The Labute approximate surface area is 188 Å². The maximum Gasteiger partial charge on any atom is 0.0886 e. The van der Waals surface area contributed by atoms with E-state index < -0.39 is 0 Å². The number of hydrogen-bond donors (Lipinski definition) is 0. The molecule has 0 fully saturated rings. The second kappa shape index (κ2) is 13.8. The summed E-state index contributed by atoms with van der Waals surface area (Å²) in [6.07, 6.45) is 7.07. The van der Waals surface area contributed by atoms with Gasteiger partial charge < -0.3 is 0 Å². The molecule has 27 heavy (non-hydrogen) atoms. The molecule has 0 aliphatic carbocycles. The van der Waals surface area contributed by atoms with Gasteiger partial charge in [0.25, 0.3) is 0 Å². The van der Waals surface area contributed by atoms with Gasteiger partial charge in [-0.1, -0.05) is 24.3 Å². The SMILES string of the molecule is [I][Mo][I].c1ccc(-c2ccccn2)nc1.c1ccc(-c2ccccn2)nc1. The second-order valence-corrected chi connectivity index (χ2v) is 20.4. The molecule has 0 spiro atoms. The van der Waals surface area contributed by atoms with E-state index in [2.05, 4.69) is 58.6 Å². The fourth-order valence-corrected chi connectivity index (χ4v) is 2.06. The Morgan fingerprint density at radius 3 is 0.815 bits per heavy atom. The van der Waals surface area contributed by atoms with Gasteiger partial charge >= 0.3 is 49.9 Å². The molecule has 136 valence electrons. The molecular formula is C20H16I2MoN4. The van der Waals surface area contributed by atoms with Gasteiger partial charge in [-0.15, -0.1) is 0 Å². The predicted octanol–water partition coefficient (Wildman–Crippen LogP) is 6.06. The Kier molecular flexibility index (Phi) is 11.3. The van der Waals surface area contributed by atoms with Crippen molar-refractivity contribution in [3.05, 3.63) is 97.6 Å². The normalized spacial score (nSPS) is 9.26. The summed E-state index contributed by atoms with van der Waals surface area (Å²) in [5, 5.41) is 0. The third-order valence-electron chi connectivity index (χ3n) is 3.18. The van der Waals surface area contributed by atoms with Gasteiger partial charge in [0.1, 0.15) is 0 Å². The first kappa shape index (κ1) is 22.0. The van der Waals surface area contributed by atoms with E-state index in [1.54, 1.807) is 24.8 Å². The average molecular weight is 662 g/mol. The van der Waals surface area contributed by atoms with E-state index in [4.69, 9.17) is 0 Å². The van der Waals surface area contributed by atoms with Crippen LogP contribution in [0.2, 0.25) is 0 Å². The Hall–Kier alpha value is -1.25. The van der Waals surface area contributed by atoms with E-state index in [0.717, 1.165) is 22.8 Å². The maximum absolute atomic E-state index is 4.19. The maximum atomic E-state index is 4.19. The van der Waals surface area contributed by atoms with Crippen molar-refractivity contribution < 1.29 is 11.2 Å². The summed E-state index contributed by atoms with van der Waals surface area (Å²) in [5.74, 6) is 0. The van der Waals surface area contributed by atoms with E-state index in [1.165, 1.54) is 0 Å². The largest absolute Gasteiger partial charge is 0.255 e. The van der Waals surface area contributed by atoms with Crippen LogP contribution >= 0.6 is 38.7 Å². The van der Waals surface area contributed by atoms with Crippen LogP contribution in [0.25, 0.3) is 22.8 Å². The standard InChI is InChI=1S/2C10H8N2.2HI.Mo/c2*1-3-7-11-9(5-1)10-6-2-4-8-12-10;;;/h2*1-8H;2*1H;/q;;;;+2/p-2. The molecule has 0 unspecified atom stereocenters. The Morgan fingerprint density at radius 1 is 0.444 bits per heavy atom. The minimum atomic E-state index is 0.410. The van der Waals surface area contributed by atoms with Gasteiger partial charge in [0, 0.05) is 24.8 Å². The van der Waals surface area contributed by atoms with Crippen molar-refractivity contribution in [1.82, 2.24) is 19.9 Å². The van der Waals surface area contributed by atoms with Gasteiger partial charge in [0.05, 0.1) is 22.8 Å². The van der Waals surface area contributed by atoms with E-state index in [-0.39, 0.29) is 0 Å². The number of hydrogen-bond acceptors (Lipinski definition) is 4. The molecule has 0 radical (unpaired) electrons. The van der Waals surface area contributed by atoms with Gasteiger partial charge in [-0.05, 0) is 48.5 Å². The summed E-state index contributed by atoms with van der Waals surface area (Å²) < 4.78 is 0. The van der Waals surface area contributed by atoms with Crippen molar-refractivity contribution in [2.75, 3.05) is 0 Å². The van der Waals surface area contributed by atoms with Crippen molar-refractivity contribution in [3.63, 3.8) is 0 Å².